The molecule has 1 aromatic rings. The molecule has 0 atom stereocenters. The first kappa shape index (κ1) is 10.2. The van der Waals surface area contributed by atoms with Gasteiger partial charge in [0, 0.05) is 54.4 Å². The largest absolute Gasteiger partial charge is 0.381 e. The number of nitrogens with one attached hydrogen (secondary N) is 1. The van der Waals surface area contributed by atoms with Crippen molar-refractivity contribution in [3.63, 3.8) is 0 Å². The molecule has 0 aliphatic carbocycles. The number of anilines is 1. The fourth-order valence-corrected chi connectivity index (χ4v) is 2.23. The van der Waals surface area contributed by atoms with Gasteiger partial charge in [0.1, 0.15) is 0 Å². The Morgan fingerprint density at radius 1 is 1.43 bits per heavy atom. The van der Waals surface area contributed by atoms with Gasteiger partial charge in [-0.05, 0) is 25.0 Å². The van der Waals surface area contributed by atoms with Crippen LogP contribution in [0.3, 0.4) is 0 Å². The molecular weight excluding hydrogens is 289 g/mol. The number of aromatic nitrogens is 1. The minimum Gasteiger partial charge on any atom is -0.381 e. The average Bonchev–Trinajstić information content (AvgIpc) is 2.23. The summed E-state index contributed by atoms with van der Waals surface area (Å²) in [6.07, 6.45) is 6.13. The fraction of sp³-hybridized carbons (Fsp3) is 0.500. The van der Waals surface area contributed by atoms with Crippen molar-refractivity contribution < 1.29 is 0 Å². The Morgan fingerprint density at radius 3 is 2.86 bits per heavy atom. The molecule has 0 unspecified atom stereocenters. The SMILES string of the molecule is IN1CCC(Nc2cccnc2)CC1. The minimum absolute atomic E-state index is 0.616. The van der Waals surface area contributed by atoms with Crippen LogP contribution in [-0.4, -0.2) is 27.2 Å². The number of halogens is 1. The Balaban J connectivity index is 1.87. The van der Waals surface area contributed by atoms with E-state index in [1.54, 1.807) is 6.20 Å². The summed E-state index contributed by atoms with van der Waals surface area (Å²) in [6.45, 7) is 2.36. The van der Waals surface area contributed by atoms with Gasteiger partial charge in [0.15, 0.2) is 0 Å². The lowest BCUT2D eigenvalue weighted by molar-refractivity contribution is 0.382. The lowest BCUT2D eigenvalue weighted by atomic mass is 10.1. The molecule has 1 saturated heterocycles. The van der Waals surface area contributed by atoms with E-state index >= 15 is 0 Å². The van der Waals surface area contributed by atoms with Gasteiger partial charge >= 0.3 is 0 Å². The first-order valence-electron chi connectivity index (χ1n) is 4.92. The highest BCUT2D eigenvalue weighted by molar-refractivity contribution is 14.1. The van der Waals surface area contributed by atoms with E-state index in [4.69, 9.17) is 0 Å². The zero-order valence-corrected chi connectivity index (χ0v) is 10.1. The molecule has 14 heavy (non-hydrogen) atoms. The summed E-state index contributed by atoms with van der Waals surface area (Å²) in [5.41, 5.74) is 1.14. The van der Waals surface area contributed by atoms with Crippen LogP contribution in [0.4, 0.5) is 5.69 Å². The van der Waals surface area contributed by atoms with Crippen molar-refractivity contribution in [2.24, 2.45) is 0 Å². The zero-order valence-electron chi connectivity index (χ0n) is 7.99. The lowest BCUT2D eigenvalue weighted by Crippen LogP contribution is -2.33. The number of rotatable bonds is 2. The Morgan fingerprint density at radius 2 is 2.21 bits per heavy atom. The highest BCUT2D eigenvalue weighted by Crippen LogP contribution is 2.17. The van der Waals surface area contributed by atoms with Crippen molar-refractivity contribution in [2.75, 3.05) is 18.4 Å². The minimum atomic E-state index is 0.616. The molecule has 2 rings (SSSR count). The Kier molecular flexibility index (Phi) is 3.58. The highest BCUT2D eigenvalue weighted by Gasteiger charge is 2.16. The van der Waals surface area contributed by atoms with Gasteiger partial charge in [0.05, 0.1) is 5.69 Å². The topological polar surface area (TPSA) is 28.2 Å². The molecule has 0 amide bonds. The fourth-order valence-electron chi connectivity index (χ4n) is 1.68. The van der Waals surface area contributed by atoms with Gasteiger partial charge in [0.2, 0.25) is 0 Å². The van der Waals surface area contributed by atoms with Crippen LogP contribution >= 0.6 is 22.9 Å². The third kappa shape index (κ3) is 2.81. The van der Waals surface area contributed by atoms with Gasteiger partial charge in [-0.25, -0.2) is 3.11 Å². The number of hydrogen-bond donors (Lipinski definition) is 1. The second kappa shape index (κ2) is 4.93. The molecule has 76 valence electrons. The quantitative estimate of drug-likeness (QED) is 0.671. The van der Waals surface area contributed by atoms with Gasteiger partial charge in [-0.3, -0.25) is 4.98 Å². The Bertz CT molecular complexity index is 270. The van der Waals surface area contributed by atoms with E-state index in [9.17, 15) is 0 Å². The third-order valence-corrected chi connectivity index (χ3v) is 3.44. The molecule has 2 heterocycles. The van der Waals surface area contributed by atoms with Crippen LogP contribution < -0.4 is 5.32 Å². The van der Waals surface area contributed by atoms with E-state index in [2.05, 4.69) is 42.3 Å². The summed E-state index contributed by atoms with van der Waals surface area (Å²) in [4.78, 5) is 4.09. The monoisotopic (exact) mass is 303 g/mol. The van der Waals surface area contributed by atoms with Crippen LogP contribution in [0.5, 0.6) is 0 Å². The summed E-state index contributed by atoms with van der Waals surface area (Å²) in [5, 5.41) is 3.51. The molecule has 1 N–H and O–H groups in total. The van der Waals surface area contributed by atoms with E-state index in [-0.39, 0.29) is 0 Å². The van der Waals surface area contributed by atoms with Gasteiger partial charge in [-0.1, -0.05) is 0 Å². The van der Waals surface area contributed by atoms with Crippen molar-refractivity contribution in [3.8, 4) is 0 Å². The molecule has 4 heteroatoms. The maximum absolute atomic E-state index is 4.09. The molecule has 0 spiro atoms. The highest BCUT2D eigenvalue weighted by atomic mass is 127. The molecule has 1 fully saturated rings. The molecule has 0 aromatic carbocycles. The van der Waals surface area contributed by atoms with Crippen LogP contribution in [0.25, 0.3) is 0 Å². The van der Waals surface area contributed by atoms with E-state index in [1.807, 2.05) is 12.3 Å². The van der Waals surface area contributed by atoms with Gasteiger partial charge in [-0.2, -0.15) is 0 Å². The van der Waals surface area contributed by atoms with E-state index in [0.29, 0.717) is 6.04 Å². The number of piperidine rings is 1. The Labute approximate surface area is 98.4 Å². The summed E-state index contributed by atoms with van der Waals surface area (Å²) in [6, 6.07) is 4.66. The van der Waals surface area contributed by atoms with Gasteiger partial charge in [-0.15, -0.1) is 0 Å². The number of hydrogen-bond acceptors (Lipinski definition) is 3. The predicted octanol–water partition coefficient (Wildman–Crippen LogP) is 2.31. The van der Waals surface area contributed by atoms with Gasteiger partial charge in [0.25, 0.3) is 0 Å². The molecule has 0 radical (unpaired) electrons. The van der Waals surface area contributed by atoms with E-state index < -0.39 is 0 Å². The second-order valence-electron chi connectivity index (χ2n) is 3.57. The molecule has 1 aromatic heterocycles. The molecular formula is C10H14IN3. The molecule has 1 aliphatic heterocycles. The van der Waals surface area contributed by atoms with Crippen molar-refractivity contribution in [3.05, 3.63) is 24.5 Å². The van der Waals surface area contributed by atoms with Crippen molar-refractivity contribution in [1.29, 1.82) is 0 Å². The molecule has 0 bridgehead atoms. The molecule has 3 nitrogen and oxygen atoms in total. The molecule has 1 aliphatic rings. The summed E-state index contributed by atoms with van der Waals surface area (Å²) in [7, 11) is 0. The summed E-state index contributed by atoms with van der Waals surface area (Å²) < 4.78 is 2.35. The van der Waals surface area contributed by atoms with E-state index in [0.717, 1.165) is 5.69 Å². The third-order valence-electron chi connectivity index (χ3n) is 2.47. The smallest absolute Gasteiger partial charge is 0.0528 e. The standard InChI is InChI=1S/C10H14IN3/c11-14-6-3-9(4-7-14)13-10-2-1-5-12-8-10/h1-2,5,8-9,13H,3-4,6-7H2. The number of nitrogens with zero attached hydrogens (tertiary/aromatic N) is 2. The van der Waals surface area contributed by atoms with Gasteiger partial charge < -0.3 is 5.32 Å². The summed E-state index contributed by atoms with van der Waals surface area (Å²) in [5.74, 6) is 0. The zero-order chi connectivity index (χ0) is 9.80. The summed E-state index contributed by atoms with van der Waals surface area (Å²) >= 11 is 2.39. The van der Waals surface area contributed by atoms with Crippen molar-refractivity contribution in [1.82, 2.24) is 8.10 Å². The van der Waals surface area contributed by atoms with Crippen LogP contribution in [0.1, 0.15) is 12.8 Å². The first-order valence-corrected chi connectivity index (χ1v) is 5.88. The van der Waals surface area contributed by atoms with Crippen LogP contribution in [0.2, 0.25) is 0 Å². The Hall–Kier alpha value is -0.360. The van der Waals surface area contributed by atoms with Crippen LogP contribution in [-0.2, 0) is 0 Å². The average molecular weight is 303 g/mol. The lowest BCUT2D eigenvalue weighted by Gasteiger charge is -2.28. The maximum Gasteiger partial charge on any atom is 0.0528 e. The number of pyridine rings is 1. The maximum atomic E-state index is 4.09. The van der Waals surface area contributed by atoms with Crippen LogP contribution in [0, 0.1) is 0 Å². The van der Waals surface area contributed by atoms with E-state index in [1.165, 1.54) is 25.9 Å². The van der Waals surface area contributed by atoms with Crippen molar-refractivity contribution in [2.45, 2.75) is 18.9 Å². The van der Waals surface area contributed by atoms with Crippen molar-refractivity contribution >= 4 is 28.6 Å². The normalized spacial score (nSPS) is 19.5. The molecule has 0 saturated carbocycles. The first-order chi connectivity index (χ1) is 6.84. The predicted molar refractivity (Wildman–Crippen MR) is 66.5 cm³/mol. The second-order valence-corrected chi connectivity index (χ2v) is 4.93. The van der Waals surface area contributed by atoms with Crippen LogP contribution in [0.15, 0.2) is 24.5 Å².